The Morgan fingerprint density at radius 1 is 1.11 bits per heavy atom. The van der Waals surface area contributed by atoms with E-state index in [1.54, 1.807) is 26.4 Å². The van der Waals surface area contributed by atoms with E-state index in [9.17, 15) is 4.79 Å². The molecule has 3 rings (SSSR count). The number of hydrogen-bond acceptors (Lipinski definition) is 6. The van der Waals surface area contributed by atoms with Crippen molar-refractivity contribution in [1.29, 1.82) is 0 Å². The van der Waals surface area contributed by atoms with Crippen molar-refractivity contribution in [3.8, 4) is 17.2 Å². The average molecular weight is 370 g/mol. The summed E-state index contributed by atoms with van der Waals surface area (Å²) >= 11 is 0. The lowest BCUT2D eigenvalue weighted by molar-refractivity contribution is -0.135. The molecule has 1 unspecified atom stereocenters. The second-order valence-corrected chi connectivity index (χ2v) is 5.81. The summed E-state index contributed by atoms with van der Waals surface area (Å²) < 4.78 is 22.1. The van der Waals surface area contributed by atoms with Crippen LogP contribution in [0.1, 0.15) is 31.2 Å². The zero-order valence-electron chi connectivity index (χ0n) is 15.8. The van der Waals surface area contributed by atoms with Gasteiger partial charge in [-0.05, 0) is 49.4 Å². The maximum absolute atomic E-state index is 12.1. The van der Waals surface area contributed by atoms with Gasteiger partial charge in [0.15, 0.2) is 11.5 Å². The minimum Gasteiger partial charge on any atom is -0.494 e. The summed E-state index contributed by atoms with van der Waals surface area (Å²) in [7, 11) is 3.13. The topological polar surface area (TPSA) is 69.6 Å². The number of ether oxygens (including phenoxy) is 4. The SMILES string of the molecule is CCOc1ccc(C2=NN(C(C)=O)C(c3ccc(OC)c(OC)c3)O2)cc1. The van der Waals surface area contributed by atoms with Gasteiger partial charge in [-0.15, -0.1) is 5.10 Å². The summed E-state index contributed by atoms with van der Waals surface area (Å²) in [6.45, 7) is 3.97. The largest absolute Gasteiger partial charge is 0.494 e. The van der Waals surface area contributed by atoms with Crippen LogP contribution >= 0.6 is 0 Å². The van der Waals surface area contributed by atoms with Crippen LogP contribution < -0.4 is 14.2 Å². The fraction of sp³-hybridized carbons (Fsp3) is 0.300. The summed E-state index contributed by atoms with van der Waals surface area (Å²) in [5.74, 6) is 2.06. The third-order valence-corrected chi connectivity index (χ3v) is 4.07. The summed E-state index contributed by atoms with van der Waals surface area (Å²) in [6, 6.07) is 12.7. The molecule has 0 saturated carbocycles. The number of rotatable bonds is 6. The fourth-order valence-electron chi connectivity index (χ4n) is 2.77. The Balaban J connectivity index is 1.89. The Labute approximate surface area is 158 Å². The predicted octanol–water partition coefficient (Wildman–Crippen LogP) is 3.34. The monoisotopic (exact) mass is 370 g/mol. The minimum absolute atomic E-state index is 0.226. The third-order valence-electron chi connectivity index (χ3n) is 4.07. The van der Waals surface area contributed by atoms with Crippen molar-refractivity contribution in [1.82, 2.24) is 5.01 Å². The standard InChI is InChI=1S/C20H22N2O5/c1-5-26-16-9-6-14(7-10-16)19-21-22(13(2)23)20(27-19)15-8-11-17(24-3)18(12-15)25-4/h6-12,20H,5H2,1-4H3. The maximum Gasteiger partial charge on any atom is 0.243 e. The van der Waals surface area contributed by atoms with Crippen molar-refractivity contribution < 1.29 is 23.7 Å². The van der Waals surface area contributed by atoms with E-state index < -0.39 is 6.23 Å². The first-order valence-corrected chi connectivity index (χ1v) is 8.57. The second-order valence-electron chi connectivity index (χ2n) is 5.81. The molecule has 0 N–H and O–H groups in total. The molecule has 1 atom stereocenters. The van der Waals surface area contributed by atoms with Crippen LogP contribution in [0.3, 0.4) is 0 Å². The molecule has 1 aliphatic rings. The van der Waals surface area contributed by atoms with E-state index in [-0.39, 0.29) is 5.91 Å². The Kier molecular flexibility index (Phi) is 5.49. The Bertz CT molecular complexity index is 848. The number of methoxy groups -OCH3 is 2. The highest BCUT2D eigenvalue weighted by Crippen LogP contribution is 2.35. The summed E-state index contributed by atoms with van der Waals surface area (Å²) in [4.78, 5) is 12.1. The van der Waals surface area contributed by atoms with E-state index in [2.05, 4.69) is 5.10 Å². The molecular formula is C20H22N2O5. The molecule has 1 amide bonds. The molecule has 0 aromatic heterocycles. The first-order valence-electron chi connectivity index (χ1n) is 8.57. The first-order chi connectivity index (χ1) is 13.1. The van der Waals surface area contributed by atoms with Gasteiger partial charge in [0.1, 0.15) is 5.75 Å². The number of amides is 1. The van der Waals surface area contributed by atoms with Gasteiger partial charge in [0, 0.05) is 18.1 Å². The summed E-state index contributed by atoms with van der Waals surface area (Å²) in [5.41, 5.74) is 1.49. The van der Waals surface area contributed by atoms with E-state index >= 15 is 0 Å². The van der Waals surface area contributed by atoms with Crippen molar-refractivity contribution in [2.45, 2.75) is 20.1 Å². The molecule has 142 valence electrons. The van der Waals surface area contributed by atoms with Crippen LogP contribution in [0.4, 0.5) is 0 Å². The van der Waals surface area contributed by atoms with Gasteiger partial charge >= 0.3 is 0 Å². The summed E-state index contributed by atoms with van der Waals surface area (Å²) in [5, 5.41) is 5.67. The van der Waals surface area contributed by atoms with Crippen LogP contribution in [0.2, 0.25) is 0 Å². The van der Waals surface area contributed by atoms with Gasteiger partial charge in [0.2, 0.25) is 18.0 Å². The number of hydrogen-bond donors (Lipinski definition) is 0. The molecule has 7 nitrogen and oxygen atoms in total. The van der Waals surface area contributed by atoms with Gasteiger partial charge in [-0.2, -0.15) is 5.01 Å². The molecule has 1 aliphatic heterocycles. The van der Waals surface area contributed by atoms with Crippen LogP contribution in [0.25, 0.3) is 0 Å². The van der Waals surface area contributed by atoms with Crippen molar-refractivity contribution in [2.75, 3.05) is 20.8 Å². The van der Waals surface area contributed by atoms with Gasteiger partial charge in [0.05, 0.1) is 20.8 Å². The lowest BCUT2D eigenvalue weighted by Gasteiger charge is -2.20. The number of nitrogens with zero attached hydrogens (tertiary/aromatic N) is 2. The van der Waals surface area contributed by atoms with Crippen LogP contribution in [-0.4, -0.2) is 37.6 Å². The van der Waals surface area contributed by atoms with Gasteiger partial charge < -0.3 is 18.9 Å². The molecule has 0 aliphatic carbocycles. The Morgan fingerprint density at radius 3 is 2.41 bits per heavy atom. The van der Waals surface area contributed by atoms with Crippen LogP contribution in [0.5, 0.6) is 17.2 Å². The highest BCUT2D eigenvalue weighted by Gasteiger charge is 2.33. The zero-order chi connectivity index (χ0) is 19.4. The smallest absolute Gasteiger partial charge is 0.243 e. The van der Waals surface area contributed by atoms with Crippen molar-refractivity contribution in [3.63, 3.8) is 0 Å². The van der Waals surface area contributed by atoms with Crippen molar-refractivity contribution in [2.24, 2.45) is 5.10 Å². The molecule has 0 bridgehead atoms. The molecule has 0 radical (unpaired) electrons. The maximum atomic E-state index is 12.1. The van der Waals surface area contributed by atoms with E-state index in [4.69, 9.17) is 18.9 Å². The van der Waals surface area contributed by atoms with Crippen LogP contribution in [-0.2, 0) is 9.53 Å². The zero-order valence-corrected chi connectivity index (χ0v) is 15.8. The molecule has 7 heteroatoms. The number of hydrazone groups is 1. The average Bonchev–Trinajstić information content (AvgIpc) is 3.14. The van der Waals surface area contributed by atoms with E-state index in [0.29, 0.717) is 24.0 Å². The number of carbonyl (C=O) groups excluding carboxylic acids is 1. The molecular weight excluding hydrogens is 348 g/mol. The highest BCUT2D eigenvalue weighted by atomic mass is 16.5. The van der Waals surface area contributed by atoms with Crippen molar-refractivity contribution in [3.05, 3.63) is 53.6 Å². The van der Waals surface area contributed by atoms with Crippen LogP contribution in [0, 0.1) is 0 Å². The molecule has 0 fully saturated rings. The molecule has 0 spiro atoms. The number of carbonyl (C=O) groups is 1. The van der Waals surface area contributed by atoms with Gasteiger partial charge in [-0.1, -0.05) is 0 Å². The van der Waals surface area contributed by atoms with Gasteiger partial charge in [0.25, 0.3) is 0 Å². The van der Waals surface area contributed by atoms with E-state index in [1.807, 2.05) is 37.3 Å². The van der Waals surface area contributed by atoms with Gasteiger partial charge in [-0.25, -0.2) is 0 Å². The van der Waals surface area contributed by atoms with Crippen molar-refractivity contribution >= 4 is 11.8 Å². The Hall–Kier alpha value is -3.22. The molecule has 0 saturated heterocycles. The lowest BCUT2D eigenvalue weighted by Crippen LogP contribution is -2.25. The number of benzene rings is 2. The van der Waals surface area contributed by atoms with E-state index in [1.165, 1.54) is 11.9 Å². The molecule has 2 aromatic rings. The fourth-order valence-corrected chi connectivity index (χ4v) is 2.77. The second kappa shape index (κ2) is 7.99. The predicted molar refractivity (Wildman–Crippen MR) is 100 cm³/mol. The first kappa shape index (κ1) is 18.6. The lowest BCUT2D eigenvalue weighted by atomic mass is 10.1. The minimum atomic E-state index is -0.677. The van der Waals surface area contributed by atoms with Gasteiger partial charge in [-0.3, -0.25) is 4.79 Å². The molecule has 2 aromatic carbocycles. The quantitative estimate of drug-likeness (QED) is 0.780. The molecule has 1 heterocycles. The van der Waals surface area contributed by atoms with E-state index in [0.717, 1.165) is 16.9 Å². The Morgan fingerprint density at radius 2 is 1.81 bits per heavy atom. The summed E-state index contributed by atoms with van der Waals surface area (Å²) in [6.07, 6.45) is -0.677. The third kappa shape index (κ3) is 3.81. The highest BCUT2D eigenvalue weighted by molar-refractivity contribution is 5.96. The normalized spacial score (nSPS) is 15.8. The van der Waals surface area contributed by atoms with Crippen LogP contribution in [0.15, 0.2) is 47.6 Å². The molecule has 27 heavy (non-hydrogen) atoms.